The van der Waals surface area contributed by atoms with Crippen LogP contribution in [0.3, 0.4) is 0 Å². The van der Waals surface area contributed by atoms with Gasteiger partial charge in [0.2, 0.25) is 0 Å². The van der Waals surface area contributed by atoms with Gasteiger partial charge in [0.05, 0.1) is 6.42 Å². The number of carbonyl (C=O) groups is 1. The van der Waals surface area contributed by atoms with Crippen LogP contribution in [-0.2, 0) is 20.4 Å². The lowest BCUT2D eigenvalue weighted by atomic mass is 10.1. The van der Waals surface area contributed by atoms with E-state index in [0.717, 1.165) is 5.56 Å². The van der Waals surface area contributed by atoms with Gasteiger partial charge in [0.25, 0.3) is 0 Å². The quantitative estimate of drug-likeness (QED) is 0.408. The summed E-state index contributed by atoms with van der Waals surface area (Å²) in [5.74, 6) is -0.849. The summed E-state index contributed by atoms with van der Waals surface area (Å²) in [5.41, 5.74) is 0.421. The number of hydrogen-bond donors (Lipinski definition) is 0. The molecular weight excluding hydrogens is 359 g/mol. The van der Waals surface area contributed by atoms with E-state index < -0.39 is 31.8 Å². The van der Waals surface area contributed by atoms with Gasteiger partial charge in [-0.15, -0.1) is 0 Å². The minimum atomic E-state index is -2.18. The summed E-state index contributed by atoms with van der Waals surface area (Å²) < 4.78 is 26.6. The van der Waals surface area contributed by atoms with Crippen molar-refractivity contribution in [2.24, 2.45) is 0 Å². The van der Waals surface area contributed by atoms with Crippen LogP contribution < -0.4 is 0 Å². The molecule has 1 aromatic carbocycles. The van der Waals surface area contributed by atoms with Crippen molar-refractivity contribution in [3.05, 3.63) is 47.8 Å². The first-order valence-corrected chi connectivity index (χ1v) is 12.4. The lowest BCUT2D eigenvalue weighted by Gasteiger charge is -2.39. The zero-order valence-electron chi connectivity index (χ0n) is 18.1. The molecule has 1 rings (SSSR count). The second-order valence-corrected chi connectivity index (χ2v) is 14.2. The van der Waals surface area contributed by atoms with E-state index in [4.69, 9.17) is 9.16 Å². The molecule has 0 aliphatic rings. The number of esters is 1. The van der Waals surface area contributed by atoms with Gasteiger partial charge in [0.1, 0.15) is 17.5 Å². The van der Waals surface area contributed by atoms with Crippen molar-refractivity contribution in [2.45, 2.75) is 84.2 Å². The number of hydrogen-bond acceptors (Lipinski definition) is 3. The maximum absolute atomic E-state index is 15.0. The van der Waals surface area contributed by atoms with Crippen LogP contribution in [0.15, 0.2) is 42.2 Å². The highest BCUT2D eigenvalue weighted by Crippen LogP contribution is 2.38. The van der Waals surface area contributed by atoms with Crippen molar-refractivity contribution in [1.82, 2.24) is 0 Å². The van der Waals surface area contributed by atoms with Gasteiger partial charge in [-0.25, -0.2) is 4.39 Å². The summed E-state index contributed by atoms with van der Waals surface area (Å²) in [7, 11) is -2.18. The molecule has 0 saturated heterocycles. The largest absolute Gasteiger partial charge is 0.460 e. The van der Waals surface area contributed by atoms with Gasteiger partial charge < -0.3 is 9.16 Å². The second-order valence-electron chi connectivity index (χ2n) is 9.44. The van der Waals surface area contributed by atoms with Crippen molar-refractivity contribution in [1.29, 1.82) is 0 Å². The zero-order valence-corrected chi connectivity index (χ0v) is 19.1. The van der Waals surface area contributed by atoms with Gasteiger partial charge in [-0.05, 0) is 50.5 Å². The van der Waals surface area contributed by atoms with Gasteiger partial charge in [-0.3, -0.25) is 4.79 Å². The van der Waals surface area contributed by atoms with Crippen molar-refractivity contribution in [2.75, 3.05) is 0 Å². The minimum Gasteiger partial charge on any atom is -0.460 e. The second kappa shape index (κ2) is 9.15. The number of carbonyl (C=O) groups excluding carboxylic acids is 1. The Balaban J connectivity index is 2.98. The Hall–Kier alpha value is -1.46. The van der Waals surface area contributed by atoms with Crippen LogP contribution in [-0.4, -0.2) is 26.0 Å². The van der Waals surface area contributed by atoms with Crippen LogP contribution in [0.4, 0.5) is 4.39 Å². The minimum absolute atomic E-state index is 0.0343. The number of benzene rings is 1. The molecule has 0 fully saturated rings. The average molecular weight is 395 g/mol. The Labute approximate surface area is 165 Å². The molecule has 0 saturated carbocycles. The fourth-order valence-corrected chi connectivity index (χ4v) is 3.51. The number of ether oxygens (including phenoxy) is 1. The summed E-state index contributed by atoms with van der Waals surface area (Å²) in [6, 6.07) is 9.72. The molecule has 0 spiro atoms. The van der Waals surface area contributed by atoms with Crippen LogP contribution in [0.25, 0.3) is 0 Å². The third-order valence-corrected chi connectivity index (χ3v) is 9.18. The molecule has 152 valence electrons. The molecule has 1 atom stereocenters. The summed E-state index contributed by atoms with van der Waals surface area (Å²) in [6.07, 6.45) is 0.935. The predicted molar refractivity (Wildman–Crippen MR) is 112 cm³/mol. The van der Waals surface area contributed by atoms with Gasteiger partial charge in [0, 0.05) is 6.42 Å². The molecule has 0 heterocycles. The molecular formula is C22H35FO3Si. The summed E-state index contributed by atoms with van der Waals surface area (Å²) in [4.78, 5) is 11.9. The molecule has 0 aliphatic heterocycles. The molecule has 3 nitrogen and oxygen atoms in total. The molecule has 27 heavy (non-hydrogen) atoms. The monoisotopic (exact) mass is 394 g/mol. The van der Waals surface area contributed by atoms with Crippen molar-refractivity contribution >= 4 is 14.3 Å². The van der Waals surface area contributed by atoms with Crippen LogP contribution in [0, 0.1) is 0 Å². The van der Waals surface area contributed by atoms with Crippen LogP contribution in [0.1, 0.15) is 53.5 Å². The first-order valence-electron chi connectivity index (χ1n) is 9.50. The molecule has 0 amide bonds. The topological polar surface area (TPSA) is 35.5 Å². The predicted octanol–water partition coefficient (Wildman–Crippen LogP) is 6.20. The Morgan fingerprint density at radius 2 is 1.67 bits per heavy atom. The average Bonchev–Trinajstić information content (AvgIpc) is 2.50. The molecule has 0 N–H and O–H groups in total. The summed E-state index contributed by atoms with van der Waals surface area (Å²) >= 11 is 0. The van der Waals surface area contributed by atoms with Crippen molar-refractivity contribution in [3.63, 3.8) is 0 Å². The molecule has 1 aromatic rings. The van der Waals surface area contributed by atoms with E-state index in [2.05, 4.69) is 33.9 Å². The number of rotatable bonds is 7. The normalized spacial score (nSPS) is 14.8. The first kappa shape index (κ1) is 23.6. The van der Waals surface area contributed by atoms with Crippen LogP contribution in [0.5, 0.6) is 0 Å². The molecule has 0 unspecified atom stereocenters. The van der Waals surface area contributed by atoms with Gasteiger partial charge in [-0.1, -0.05) is 51.1 Å². The van der Waals surface area contributed by atoms with E-state index in [1.165, 1.54) is 6.08 Å². The third kappa shape index (κ3) is 8.39. The van der Waals surface area contributed by atoms with Crippen LogP contribution >= 0.6 is 0 Å². The fraction of sp³-hybridized carbons (Fsp3) is 0.591. The van der Waals surface area contributed by atoms with Crippen molar-refractivity contribution in [3.8, 4) is 0 Å². The van der Waals surface area contributed by atoms with E-state index >= 15 is 4.39 Å². The Kier molecular flexibility index (Phi) is 7.99. The summed E-state index contributed by atoms with van der Waals surface area (Å²) in [6.45, 7) is 16.0. The Morgan fingerprint density at radius 1 is 1.11 bits per heavy atom. The van der Waals surface area contributed by atoms with Crippen LogP contribution in [0.2, 0.25) is 18.1 Å². The summed E-state index contributed by atoms with van der Waals surface area (Å²) in [5, 5.41) is -0.0343. The lowest BCUT2D eigenvalue weighted by Crippen LogP contribution is -2.44. The standard InChI is InChI=1S/C22H35FO3Si/c1-21(2,3)25-20(24)15-14-18(23)19(16-17-12-10-9-11-13-17)26-27(7,8)22(4,5)6/h9-14,19H,15-16H2,1-8H3/b18-14-/t19-/m0/s1. The Morgan fingerprint density at radius 3 is 2.15 bits per heavy atom. The third-order valence-electron chi connectivity index (χ3n) is 4.70. The highest BCUT2D eigenvalue weighted by Gasteiger charge is 2.40. The highest BCUT2D eigenvalue weighted by molar-refractivity contribution is 6.74. The molecule has 0 aromatic heterocycles. The van der Waals surface area contributed by atoms with Gasteiger partial charge >= 0.3 is 5.97 Å². The van der Waals surface area contributed by atoms with E-state index in [-0.39, 0.29) is 11.5 Å². The smallest absolute Gasteiger partial charge is 0.310 e. The maximum atomic E-state index is 15.0. The molecule has 0 aliphatic carbocycles. The van der Waals surface area contributed by atoms with Gasteiger partial charge in [-0.2, -0.15) is 0 Å². The SMILES string of the molecule is CC(C)(C)OC(=O)C/C=C(\F)[C@H](Cc1ccccc1)O[Si](C)(C)C(C)(C)C. The maximum Gasteiger partial charge on any atom is 0.310 e. The highest BCUT2D eigenvalue weighted by atomic mass is 28.4. The first-order chi connectivity index (χ1) is 12.2. The van der Waals surface area contributed by atoms with E-state index in [9.17, 15) is 4.79 Å². The van der Waals surface area contributed by atoms with Crippen molar-refractivity contribution < 1.29 is 18.3 Å². The molecule has 0 bridgehead atoms. The van der Waals surface area contributed by atoms with E-state index in [1.807, 2.05) is 30.3 Å². The zero-order chi connectivity index (χ0) is 20.9. The van der Waals surface area contributed by atoms with E-state index in [0.29, 0.717) is 6.42 Å². The molecule has 5 heteroatoms. The lowest BCUT2D eigenvalue weighted by molar-refractivity contribution is -0.153. The molecule has 0 radical (unpaired) electrons. The fourth-order valence-electron chi connectivity index (χ4n) is 2.25. The number of halogens is 1. The van der Waals surface area contributed by atoms with E-state index in [1.54, 1.807) is 20.8 Å². The Bertz CT molecular complexity index is 640. The van der Waals surface area contributed by atoms with Gasteiger partial charge in [0.15, 0.2) is 8.32 Å².